The molecule has 9 aliphatic rings. The predicted octanol–water partition coefficient (Wildman–Crippen LogP) is 0.214. The maximum Gasteiger partial charge on any atom is 0.187 e. The van der Waals surface area contributed by atoms with E-state index in [1.165, 1.54) is 12.5 Å². The molecule has 9 rings (SSSR count). The highest BCUT2D eigenvalue weighted by molar-refractivity contribution is 5.26. The van der Waals surface area contributed by atoms with E-state index in [-0.39, 0.29) is 23.0 Å². The number of hydrogen-bond acceptors (Lipinski definition) is 17. The highest BCUT2D eigenvalue weighted by Crippen LogP contribution is 2.70. The van der Waals surface area contributed by atoms with Crippen molar-refractivity contribution in [1.29, 1.82) is 0 Å². The first-order chi connectivity index (χ1) is 29.4. The van der Waals surface area contributed by atoms with Crippen LogP contribution in [0.1, 0.15) is 92.4 Å². The van der Waals surface area contributed by atoms with Crippen LogP contribution in [0.4, 0.5) is 0 Å². The fraction of sp³-hybridized carbons (Fsp3) is 0.956. The lowest BCUT2D eigenvalue weighted by Gasteiger charge is -2.58. The average Bonchev–Trinajstić information content (AvgIpc) is 3.70. The lowest BCUT2D eigenvalue weighted by Crippen LogP contribution is -2.67. The van der Waals surface area contributed by atoms with E-state index in [4.69, 9.17) is 37.9 Å². The zero-order chi connectivity index (χ0) is 44.2. The summed E-state index contributed by atoms with van der Waals surface area (Å²) in [6.45, 7) is 10.4. The molecule has 0 bridgehead atoms. The van der Waals surface area contributed by atoms with Crippen LogP contribution in [0, 0.1) is 46.3 Å². The van der Waals surface area contributed by atoms with Crippen LogP contribution in [-0.4, -0.2) is 176 Å². The van der Waals surface area contributed by atoms with Gasteiger partial charge in [0, 0.05) is 12.3 Å². The van der Waals surface area contributed by atoms with Gasteiger partial charge < -0.3 is 83.9 Å². The summed E-state index contributed by atoms with van der Waals surface area (Å²) in [5.74, 6) is 2.56. The third-order valence-corrected chi connectivity index (χ3v) is 17.7. The molecule has 17 heteroatoms. The van der Waals surface area contributed by atoms with Gasteiger partial charge in [-0.1, -0.05) is 39.3 Å². The summed E-state index contributed by atoms with van der Waals surface area (Å²) in [4.78, 5) is 0. The minimum absolute atomic E-state index is 0.0356. The molecule has 26 atom stereocenters. The van der Waals surface area contributed by atoms with Crippen molar-refractivity contribution in [3.8, 4) is 0 Å². The van der Waals surface area contributed by atoms with Crippen molar-refractivity contribution in [2.45, 2.75) is 203 Å². The first kappa shape index (κ1) is 46.2. The first-order valence-electron chi connectivity index (χ1n) is 23.4. The monoisotopic (exact) mass is 884 g/mol. The summed E-state index contributed by atoms with van der Waals surface area (Å²) in [5, 5.41) is 95.7. The van der Waals surface area contributed by atoms with Crippen LogP contribution in [0.25, 0.3) is 0 Å². The first-order valence-corrected chi connectivity index (χ1v) is 23.4. The number of hydrogen-bond donors (Lipinski definition) is 9. The van der Waals surface area contributed by atoms with Gasteiger partial charge in [-0.2, -0.15) is 0 Å². The molecule has 8 fully saturated rings. The second-order valence-corrected chi connectivity index (χ2v) is 21.1. The summed E-state index contributed by atoms with van der Waals surface area (Å²) in [6.07, 6.45) is -12.0. The van der Waals surface area contributed by atoms with Crippen molar-refractivity contribution < 1.29 is 83.9 Å². The van der Waals surface area contributed by atoms with Crippen LogP contribution in [0.2, 0.25) is 0 Å². The lowest BCUT2D eigenvalue weighted by atomic mass is 9.47. The van der Waals surface area contributed by atoms with Crippen molar-refractivity contribution in [2.24, 2.45) is 46.3 Å². The standard InChI is InChI=1S/C45H72O17/c1-19-8-13-45(55-18-19)20(2)30-27(62-45)15-26-24-7-6-22-14-23(9-11-43(22,4)25(24)10-12-44(26,30)5)57-42-39(61-40-35(52)33(50)31(48)21(3)56-40)37(54)38(29(17-47)59-42)60-41-36(53)34(51)32(49)28(16-46)58-41/h6,19-21,23-42,46-54H,7-18H2,1-5H3/t19-,20+,21?,23+,24-,25+,26+,27+,28?,29?,30+,31+,32-,33+,34+,35?,36?,37+,38-,39?,40+,41+,42-,43+,44+,45-/m1/s1. The predicted molar refractivity (Wildman–Crippen MR) is 214 cm³/mol. The smallest absolute Gasteiger partial charge is 0.187 e. The van der Waals surface area contributed by atoms with Gasteiger partial charge in [-0.15, -0.1) is 0 Å². The molecule has 1 spiro atoms. The Morgan fingerprint density at radius 2 is 1.35 bits per heavy atom. The number of allylic oxidation sites excluding steroid dienone is 1. The van der Waals surface area contributed by atoms with E-state index < -0.39 is 111 Å². The van der Waals surface area contributed by atoms with Crippen LogP contribution in [-0.2, 0) is 37.9 Å². The molecule has 0 aromatic carbocycles. The van der Waals surface area contributed by atoms with Crippen molar-refractivity contribution in [1.82, 2.24) is 0 Å². The molecular formula is C45H72O17. The summed E-state index contributed by atoms with van der Waals surface area (Å²) in [7, 11) is 0. The summed E-state index contributed by atoms with van der Waals surface area (Å²) < 4.78 is 49.9. The van der Waals surface area contributed by atoms with E-state index in [2.05, 4.69) is 33.8 Å². The van der Waals surface area contributed by atoms with Crippen LogP contribution >= 0.6 is 0 Å². The average molecular weight is 885 g/mol. The molecule has 9 N–H and O–H groups in total. The van der Waals surface area contributed by atoms with Gasteiger partial charge >= 0.3 is 0 Å². The quantitative estimate of drug-likeness (QED) is 0.148. The summed E-state index contributed by atoms with van der Waals surface area (Å²) in [6, 6.07) is 0. The number of aliphatic hydroxyl groups excluding tert-OH is 9. The Morgan fingerprint density at radius 1 is 0.677 bits per heavy atom. The second kappa shape index (κ2) is 17.3. The molecule has 17 nitrogen and oxygen atoms in total. The van der Waals surface area contributed by atoms with Gasteiger partial charge in [0.15, 0.2) is 24.7 Å². The van der Waals surface area contributed by atoms with Gasteiger partial charge in [-0.05, 0) is 98.7 Å². The molecule has 354 valence electrons. The molecular weight excluding hydrogens is 812 g/mol. The van der Waals surface area contributed by atoms with Gasteiger partial charge in [0.25, 0.3) is 0 Å². The van der Waals surface area contributed by atoms with Crippen LogP contribution < -0.4 is 0 Å². The molecule has 0 amide bonds. The SMILES string of the molecule is CC1O[C@@H](OC2[C@H](O[C@H]3CC[C@@]4(C)C(=CC[C@H]5[C@@H]6C[C@@H]7O[C@]8(CC[C@@H](C)CO8)[C@@H](C)[C@@H]7[C@@]6(C)CC[C@@H]54)C3)OC(CO)[C@@H](O[C@@H]3OC(CO)[C@@H](O)[C@H](O)C3O)[C@@H]2O)C(O)[C@@H](O)[C@H]1O. The Bertz CT molecular complexity index is 1610. The second-order valence-electron chi connectivity index (χ2n) is 21.1. The summed E-state index contributed by atoms with van der Waals surface area (Å²) >= 11 is 0. The maximum absolute atomic E-state index is 12.0. The molecule has 5 saturated heterocycles. The fourth-order valence-corrected chi connectivity index (χ4v) is 14.0. The van der Waals surface area contributed by atoms with Gasteiger partial charge in [0.05, 0.1) is 38.1 Å². The Labute approximate surface area is 363 Å². The van der Waals surface area contributed by atoms with Crippen molar-refractivity contribution in [3.05, 3.63) is 11.6 Å². The molecule has 4 aliphatic carbocycles. The maximum atomic E-state index is 12.0. The third kappa shape index (κ3) is 7.49. The van der Waals surface area contributed by atoms with E-state index >= 15 is 0 Å². The van der Waals surface area contributed by atoms with Crippen molar-refractivity contribution >= 4 is 0 Å². The highest BCUT2D eigenvalue weighted by Gasteiger charge is 2.69. The van der Waals surface area contributed by atoms with Gasteiger partial charge in [0.2, 0.25) is 0 Å². The minimum atomic E-state index is -1.82. The van der Waals surface area contributed by atoms with Crippen LogP contribution in [0.3, 0.4) is 0 Å². The van der Waals surface area contributed by atoms with Crippen molar-refractivity contribution in [3.63, 3.8) is 0 Å². The van der Waals surface area contributed by atoms with Crippen molar-refractivity contribution in [2.75, 3.05) is 19.8 Å². The normalized spacial score (nSPS) is 57.6. The third-order valence-electron chi connectivity index (χ3n) is 17.7. The number of aliphatic hydroxyl groups is 9. The van der Waals surface area contributed by atoms with E-state index in [0.717, 1.165) is 51.6 Å². The molecule has 0 aromatic heterocycles. The van der Waals surface area contributed by atoms with Gasteiger partial charge in [-0.3, -0.25) is 0 Å². The zero-order valence-electron chi connectivity index (χ0n) is 36.6. The highest BCUT2D eigenvalue weighted by atomic mass is 16.8. The topological polar surface area (TPSA) is 256 Å². The Hall–Kier alpha value is -0.940. The molecule has 62 heavy (non-hydrogen) atoms. The Kier molecular flexibility index (Phi) is 12.9. The molecule has 0 radical (unpaired) electrons. The number of ether oxygens (including phenoxy) is 8. The minimum Gasteiger partial charge on any atom is -0.394 e. The summed E-state index contributed by atoms with van der Waals surface area (Å²) in [5.41, 5.74) is 1.48. The number of fused-ring (bicyclic) bond motifs is 7. The van der Waals surface area contributed by atoms with Gasteiger partial charge in [0.1, 0.15) is 67.1 Å². The van der Waals surface area contributed by atoms with E-state index in [1.54, 1.807) is 0 Å². The Balaban J connectivity index is 0.917. The molecule has 6 unspecified atom stereocenters. The fourth-order valence-electron chi connectivity index (χ4n) is 14.0. The van der Waals surface area contributed by atoms with Crippen LogP contribution in [0.15, 0.2) is 11.6 Å². The lowest BCUT2D eigenvalue weighted by molar-refractivity contribution is -0.389. The number of rotatable bonds is 8. The Morgan fingerprint density at radius 3 is 2.05 bits per heavy atom. The van der Waals surface area contributed by atoms with E-state index in [9.17, 15) is 46.0 Å². The van der Waals surface area contributed by atoms with Crippen LogP contribution in [0.5, 0.6) is 0 Å². The molecule has 5 aliphatic heterocycles. The largest absolute Gasteiger partial charge is 0.394 e. The molecule has 3 saturated carbocycles. The van der Waals surface area contributed by atoms with E-state index in [0.29, 0.717) is 48.3 Å². The van der Waals surface area contributed by atoms with E-state index in [1.807, 2.05) is 0 Å². The van der Waals surface area contributed by atoms with Gasteiger partial charge in [-0.25, -0.2) is 0 Å². The molecule has 5 heterocycles. The zero-order valence-corrected chi connectivity index (χ0v) is 36.6. The molecule has 0 aromatic rings.